The van der Waals surface area contributed by atoms with E-state index in [9.17, 15) is 0 Å². The number of nitrogens with one attached hydrogen (secondary N) is 2. The maximum Gasteiger partial charge on any atom is 0.106 e. The van der Waals surface area contributed by atoms with E-state index in [1.54, 1.807) is 6.20 Å². The number of hydrogen-bond donors (Lipinski definition) is 2. The van der Waals surface area contributed by atoms with Crippen LogP contribution < -0.4 is 5.32 Å². The molecule has 0 aromatic carbocycles. The monoisotopic (exact) mass is 267 g/mol. The Kier molecular flexibility index (Phi) is 7.10. The molecule has 0 saturated carbocycles. The van der Waals surface area contributed by atoms with E-state index in [0.717, 1.165) is 44.8 Å². The van der Waals surface area contributed by atoms with Crippen LogP contribution >= 0.6 is 0 Å². The molecule has 0 amide bonds. The van der Waals surface area contributed by atoms with Gasteiger partial charge in [-0.05, 0) is 38.3 Å². The molecular formula is C15H29N3O. The molecule has 0 fully saturated rings. The summed E-state index contributed by atoms with van der Waals surface area (Å²) in [6.07, 6.45) is 7.19. The highest BCUT2D eigenvalue weighted by molar-refractivity contribution is 4.86. The molecular weight excluding hydrogens is 238 g/mol. The van der Waals surface area contributed by atoms with Crippen molar-refractivity contribution >= 4 is 0 Å². The molecule has 19 heavy (non-hydrogen) atoms. The van der Waals surface area contributed by atoms with Gasteiger partial charge in [-0.3, -0.25) is 0 Å². The van der Waals surface area contributed by atoms with Gasteiger partial charge in [-0.25, -0.2) is 4.98 Å². The van der Waals surface area contributed by atoms with Crippen LogP contribution in [-0.2, 0) is 11.2 Å². The van der Waals surface area contributed by atoms with Crippen molar-refractivity contribution in [2.75, 3.05) is 19.7 Å². The van der Waals surface area contributed by atoms with Gasteiger partial charge in [0.25, 0.3) is 0 Å². The maximum atomic E-state index is 5.82. The lowest BCUT2D eigenvalue weighted by Crippen LogP contribution is -2.27. The van der Waals surface area contributed by atoms with Gasteiger partial charge in [-0.2, -0.15) is 0 Å². The third-order valence-electron chi connectivity index (χ3n) is 3.41. The fourth-order valence-electron chi connectivity index (χ4n) is 1.65. The van der Waals surface area contributed by atoms with E-state index in [-0.39, 0.29) is 5.41 Å². The number of ether oxygens (including phenoxy) is 1. The second kappa shape index (κ2) is 8.33. The topological polar surface area (TPSA) is 49.9 Å². The Balaban J connectivity index is 1.89. The molecule has 0 aliphatic rings. The third kappa shape index (κ3) is 7.33. The van der Waals surface area contributed by atoms with Gasteiger partial charge in [-0.1, -0.05) is 20.8 Å². The summed E-state index contributed by atoms with van der Waals surface area (Å²) in [4.78, 5) is 7.32. The molecule has 2 N–H and O–H groups in total. The lowest BCUT2D eigenvalue weighted by molar-refractivity contribution is -0.00557. The first-order valence-electron chi connectivity index (χ1n) is 7.30. The quantitative estimate of drug-likeness (QED) is 0.676. The van der Waals surface area contributed by atoms with E-state index in [0.29, 0.717) is 6.10 Å². The van der Waals surface area contributed by atoms with Gasteiger partial charge in [0.15, 0.2) is 0 Å². The van der Waals surface area contributed by atoms with Crippen molar-refractivity contribution < 1.29 is 4.74 Å². The predicted octanol–water partition coefficient (Wildman–Crippen LogP) is 2.77. The summed E-state index contributed by atoms with van der Waals surface area (Å²) in [6.45, 7) is 11.7. The number of H-pyrrole nitrogens is 1. The lowest BCUT2D eigenvalue weighted by atomic mass is 9.90. The second-order valence-corrected chi connectivity index (χ2v) is 6.12. The number of aryl methyl sites for hydroxylation is 1. The number of imidazole rings is 1. The third-order valence-corrected chi connectivity index (χ3v) is 3.41. The Morgan fingerprint density at radius 1 is 1.32 bits per heavy atom. The predicted molar refractivity (Wildman–Crippen MR) is 79.3 cm³/mol. The van der Waals surface area contributed by atoms with Crippen LogP contribution in [0.5, 0.6) is 0 Å². The zero-order chi connectivity index (χ0) is 14.1. The van der Waals surface area contributed by atoms with Gasteiger partial charge in [0.05, 0.1) is 6.10 Å². The summed E-state index contributed by atoms with van der Waals surface area (Å²) >= 11 is 0. The van der Waals surface area contributed by atoms with Crippen LogP contribution in [0.1, 0.15) is 46.4 Å². The normalized spacial score (nSPS) is 13.7. The Morgan fingerprint density at radius 2 is 2.05 bits per heavy atom. The Morgan fingerprint density at radius 3 is 2.68 bits per heavy atom. The zero-order valence-electron chi connectivity index (χ0n) is 12.8. The van der Waals surface area contributed by atoms with Crippen LogP contribution in [0.25, 0.3) is 0 Å². The second-order valence-electron chi connectivity index (χ2n) is 6.12. The highest BCUT2D eigenvalue weighted by Gasteiger charge is 2.19. The molecule has 110 valence electrons. The van der Waals surface area contributed by atoms with Crippen LogP contribution in [-0.4, -0.2) is 35.8 Å². The summed E-state index contributed by atoms with van der Waals surface area (Å²) in [6, 6.07) is 0. The summed E-state index contributed by atoms with van der Waals surface area (Å²) in [5, 5.41) is 3.44. The molecule has 1 rings (SSSR count). The smallest absolute Gasteiger partial charge is 0.106 e. The Bertz CT molecular complexity index is 317. The molecule has 0 radical (unpaired) electrons. The Labute approximate surface area is 117 Å². The molecule has 1 aromatic heterocycles. The fraction of sp³-hybridized carbons (Fsp3) is 0.800. The van der Waals surface area contributed by atoms with Crippen LogP contribution in [0.2, 0.25) is 0 Å². The summed E-state index contributed by atoms with van der Waals surface area (Å²) in [5.41, 5.74) is 0.233. The molecule has 1 unspecified atom stereocenters. The molecule has 0 saturated heterocycles. The highest BCUT2D eigenvalue weighted by atomic mass is 16.5. The minimum Gasteiger partial charge on any atom is -0.378 e. The number of aromatic amines is 1. The number of aromatic nitrogens is 2. The molecule has 1 heterocycles. The van der Waals surface area contributed by atoms with Crippen LogP contribution in [0, 0.1) is 5.41 Å². The molecule has 4 nitrogen and oxygen atoms in total. The van der Waals surface area contributed by atoms with Crippen molar-refractivity contribution in [2.24, 2.45) is 5.41 Å². The van der Waals surface area contributed by atoms with Crippen molar-refractivity contribution in [3.8, 4) is 0 Å². The van der Waals surface area contributed by atoms with Crippen molar-refractivity contribution in [2.45, 2.75) is 53.1 Å². The minimum atomic E-state index is 0.233. The fourth-order valence-corrected chi connectivity index (χ4v) is 1.65. The SMILES string of the molecule is CC(OCCCNCCCc1ncc[nH]1)C(C)(C)C. The van der Waals surface area contributed by atoms with Gasteiger partial charge in [-0.15, -0.1) is 0 Å². The van der Waals surface area contributed by atoms with E-state index >= 15 is 0 Å². The molecule has 1 aromatic rings. The molecule has 1 atom stereocenters. The summed E-state index contributed by atoms with van der Waals surface area (Å²) in [5.74, 6) is 1.07. The molecule has 4 heteroatoms. The average Bonchev–Trinajstić information content (AvgIpc) is 2.84. The van der Waals surface area contributed by atoms with Gasteiger partial charge in [0, 0.05) is 25.4 Å². The highest BCUT2D eigenvalue weighted by Crippen LogP contribution is 2.21. The lowest BCUT2D eigenvalue weighted by Gasteiger charge is -2.27. The van der Waals surface area contributed by atoms with Gasteiger partial charge in [0.1, 0.15) is 5.82 Å². The standard InChI is InChI=1S/C15H29N3O/c1-13(15(2,3)4)19-12-6-9-16-8-5-7-14-17-10-11-18-14/h10-11,13,16H,5-9,12H2,1-4H3,(H,17,18). The van der Waals surface area contributed by atoms with Gasteiger partial charge >= 0.3 is 0 Å². The van der Waals surface area contributed by atoms with Gasteiger partial charge in [0.2, 0.25) is 0 Å². The van der Waals surface area contributed by atoms with E-state index in [2.05, 4.69) is 43.0 Å². The van der Waals surface area contributed by atoms with E-state index in [1.807, 2.05) is 6.20 Å². The summed E-state index contributed by atoms with van der Waals surface area (Å²) in [7, 11) is 0. The number of rotatable bonds is 9. The molecule has 0 bridgehead atoms. The first-order valence-corrected chi connectivity index (χ1v) is 7.30. The summed E-state index contributed by atoms with van der Waals surface area (Å²) < 4.78 is 5.82. The average molecular weight is 267 g/mol. The van der Waals surface area contributed by atoms with E-state index < -0.39 is 0 Å². The van der Waals surface area contributed by atoms with Crippen molar-refractivity contribution in [1.29, 1.82) is 0 Å². The first-order chi connectivity index (χ1) is 9.00. The first kappa shape index (κ1) is 16.2. The van der Waals surface area contributed by atoms with E-state index in [1.165, 1.54) is 0 Å². The number of hydrogen-bond acceptors (Lipinski definition) is 3. The minimum absolute atomic E-state index is 0.233. The van der Waals surface area contributed by atoms with E-state index in [4.69, 9.17) is 4.74 Å². The molecule has 0 aliphatic heterocycles. The molecule has 0 spiro atoms. The Hall–Kier alpha value is -0.870. The zero-order valence-corrected chi connectivity index (χ0v) is 12.8. The van der Waals surface area contributed by atoms with Crippen molar-refractivity contribution in [3.63, 3.8) is 0 Å². The van der Waals surface area contributed by atoms with Crippen LogP contribution in [0.3, 0.4) is 0 Å². The van der Waals surface area contributed by atoms with Crippen LogP contribution in [0.4, 0.5) is 0 Å². The van der Waals surface area contributed by atoms with Gasteiger partial charge < -0.3 is 15.0 Å². The number of nitrogens with zero attached hydrogens (tertiary/aromatic N) is 1. The maximum absolute atomic E-state index is 5.82. The van der Waals surface area contributed by atoms with Crippen molar-refractivity contribution in [3.05, 3.63) is 18.2 Å². The van der Waals surface area contributed by atoms with Crippen LogP contribution in [0.15, 0.2) is 12.4 Å². The van der Waals surface area contributed by atoms with Crippen molar-refractivity contribution in [1.82, 2.24) is 15.3 Å². The largest absolute Gasteiger partial charge is 0.378 e. The molecule has 0 aliphatic carbocycles.